The third kappa shape index (κ3) is 4.42. The van der Waals surface area contributed by atoms with Gasteiger partial charge in [-0.25, -0.2) is 0 Å². The van der Waals surface area contributed by atoms with Crippen molar-refractivity contribution in [2.75, 3.05) is 18.0 Å². The molecule has 5 nitrogen and oxygen atoms in total. The van der Waals surface area contributed by atoms with Crippen LogP contribution in [0.15, 0.2) is 59.8 Å². The average Bonchev–Trinajstić information content (AvgIpc) is 2.69. The minimum absolute atomic E-state index is 0.0475. The van der Waals surface area contributed by atoms with Crippen molar-refractivity contribution in [1.29, 1.82) is 0 Å². The fourth-order valence-corrected chi connectivity index (χ4v) is 3.54. The summed E-state index contributed by atoms with van der Waals surface area (Å²) in [6, 6.07) is 18.5. The molecule has 0 atom stereocenters. The van der Waals surface area contributed by atoms with Crippen LogP contribution in [0.3, 0.4) is 0 Å². The number of hydrogen-bond donors (Lipinski definition) is 2. The van der Waals surface area contributed by atoms with Crippen molar-refractivity contribution in [3.63, 3.8) is 0 Å². The number of aliphatic carboxylic acids is 1. The zero-order valence-corrected chi connectivity index (χ0v) is 14.7. The lowest BCUT2D eigenvalue weighted by molar-refractivity contribution is -0.136. The number of nitrogens with zero attached hydrogens (tertiary/aromatic N) is 2. The van der Waals surface area contributed by atoms with E-state index in [1.807, 2.05) is 24.3 Å². The molecule has 136 valence electrons. The summed E-state index contributed by atoms with van der Waals surface area (Å²) >= 11 is 0. The molecule has 0 saturated carbocycles. The highest BCUT2D eigenvalue weighted by Gasteiger charge is 2.20. The van der Waals surface area contributed by atoms with E-state index in [0.717, 1.165) is 37.2 Å². The number of piperidine rings is 1. The molecule has 0 aliphatic carbocycles. The van der Waals surface area contributed by atoms with E-state index in [0.29, 0.717) is 11.6 Å². The van der Waals surface area contributed by atoms with Gasteiger partial charge in [-0.3, -0.25) is 4.79 Å². The maximum absolute atomic E-state index is 10.7. The number of carboxylic acid groups (broad SMARTS) is 1. The number of carboxylic acids is 1. The molecule has 2 aromatic rings. The normalized spacial score (nSPS) is 15.8. The van der Waals surface area contributed by atoms with E-state index >= 15 is 0 Å². The van der Waals surface area contributed by atoms with Gasteiger partial charge in [-0.05, 0) is 42.0 Å². The number of hydrogen-bond acceptors (Lipinski definition) is 4. The zero-order chi connectivity index (χ0) is 18.4. The van der Waals surface area contributed by atoms with Crippen molar-refractivity contribution in [3.8, 4) is 0 Å². The second kappa shape index (κ2) is 8.52. The Labute approximate surface area is 153 Å². The summed E-state index contributed by atoms with van der Waals surface area (Å²) in [7, 11) is 0. The lowest BCUT2D eigenvalue weighted by Gasteiger charge is -2.34. The van der Waals surface area contributed by atoms with Crippen LogP contribution < -0.4 is 4.90 Å². The standard InChI is InChI=1S/C21H24N2O3/c24-21(25)11-10-20(22-26)18-6-8-19(9-7-18)23-14-12-17(13-15-23)16-4-2-1-3-5-16/h1-9,17,26H,10-15H2,(H,24,25). The van der Waals surface area contributed by atoms with Crippen LogP contribution >= 0.6 is 0 Å². The van der Waals surface area contributed by atoms with Crippen LogP contribution in [0.1, 0.15) is 42.7 Å². The lowest BCUT2D eigenvalue weighted by Crippen LogP contribution is -2.32. The summed E-state index contributed by atoms with van der Waals surface area (Å²) in [5.74, 6) is -0.278. The van der Waals surface area contributed by atoms with E-state index in [2.05, 4.69) is 40.4 Å². The van der Waals surface area contributed by atoms with Gasteiger partial charge >= 0.3 is 5.97 Å². The van der Waals surface area contributed by atoms with E-state index in [1.54, 1.807) is 0 Å². The van der Waals surface area contributed by atoms with E-state index in [1.165, 1.54) is 5.56 Å². The van der Waals surface area contributed by atoms with Gasteiger partial charge < -0.3 is 15.2 Å². The summed E-state index contributed by atoms with van der Waals surface area (Å²) in [5, 5.41) is 21.2. The van der Waals surface area contributed by atoms with Crippen molar-refractivity contribution in [1.82, 2.24) is 0 Å². The van der Waals surface area contributed by atoms with Gasteiger partial charge in [0.25, 0.3) is 0 Å². The van der Waals surface area contributed by atoms with E-state index in [9.17, 15) is 4.79 Å². The van der Waals surface area contributed by atoms with Gasteiger partial charge in [-0.15, -0.1) is 0 Å². The van der Waals surface area contributed by atoms with E-state index < -0.39 is 5.97 Å². The summed E-state index contributed by atoms with van der Waals surface area (Å²) in [6.07, 6.45) is 2.43. The first kappa shape index (κ1) is 18.0. The Morgan fingerprint density at radius 1 is 1.00 bits per heavy atom. The van der Waals surface area contributed by atoms with Gasteiger partial charge in [-0.2, -0.15) is 0 Å². The van der Waals surface area contributed by atoms with Crippen LogP contribution in [0.4, 0.5) is 5.69 Å². The van der Waals surface area contributed by atoms with Crippen LogP contribution in [0.2, 0.25) is 0 Å². The number of anilines is 1. The largest absolute Gasteiger partial charge is 0.481 e. The molecule has 1 aliphatic rings. The van der Waals surface area contributed by atoms with Crippen molar-refractivity contribution in [2.45, 2.75) is 31.6 Å². The molecular weight excluding hydrogens is 328 g/mol. The molecule has 2 aromatic carbocycles. The minimum atomic E-state index is -0.899. The second-order valence-electron chi connectivity index (χ2n) is 6.66. The molecule has 1 aliphatic heterocycles. The maximum atomic E-state index is 10.7. The van der Waals surface area contributed by atoms with Crippen LogP contribution in [0, 0.1) is 0 Å². The van der Waals surface area contributed by atoms with Crippen LogP contribution in [0.5, 0.6) is 0 Å². The minimum Gasteiger partial charge on any atom is -0.481 e. The Balaban J connectivity index is 1.60. The molecule has 0 amide bonds. The molecule has 0 radical (unpaired) electrons. The molecule has 0 spiro atoms. The number of benzene rings is 2. The molecule has 1 fully saturated rings. The van der Waals surface area contributed by atoms with Crippen molar-refractivity contribution in [3.05, 3.63) is 65.7 Å². The molecule has 26 heavy (non-hydrogen) atoms. The van der Waals surface area contributed by atoms with Gasteiger partial charge in [0.1, 0.15) is 0 Å². The Kier molecular flexibility index (Phi) is 5.89. The first-order valence-corrected chi connectivity index (χ1v) is 9.00. The monoisotopic (exact) mass is 352 g/mol. The molecule has 1 saturated heterocycles. The van der Waals surface area contributed by atoms with E-state index in [-0.39, 0.29) is 12.8 Å². The Morgan fingerprint density at radius 2 is 1.65 bits per heavy atom. The highest BCUT2D eigenvalue weighted by Crippen LogP contribution is 2.30. The first-order valence-electron chi connectivity index (χ1n) is 9.00. The summed E-state index contributed by atoms with van der Waals surface area (Å²) in [5.41, 5.74) is 3.74. The average molecular weight is 352 g/mol. The van der Waals surface area contributed by atoms with Crippen molar-refractivity contribution >= 4 is 17.4 Å². The Bertz CT molecular complexity index is 749. The second-order valence-corrected chi connectivity index (χ2v) is 6.66. The topological polar surface area (TPSA) is 73.1 Å². The first-order chi connectivity index (χ1) is 12.7. The third-order valence-electron chi connectivity index (χ3n) is 5.03. The fraction of sp³-hybridized carbons (Fsp3) is 0.333. The van der Waals surface area contributed by atoms with Crippen molar-refractivity contribution < 1.29 is 15.1 Å². The zero-order valence-electron chi connectivity index (χ0n) is 14.7. The highest BCUT2D eigenvalue weighted by molar-refractivity contribution is 6.01. The van der Waals surface area contributed by atoms with Gasteiger partial charge in [0, 0.05) is 25.2 Å². The number of oxime groups is 1. The van der Waals surface area contributed by atoms with Crippen LogP contribution in [0.25, 0.3) is 0 Å². The molecule has 0 bridgehead atoms. The van der Waals surface area contributed by atoms with Gasteiger partial charge in [-0.1, -0.05) is 47.6 Å². The fourth-order valence-electron chi connectivity index (χ4n) is 3.54. The van der Waals surface area contributed by atoms with E-state index in [4.69, 9.17) is 10.3 Å². The van der Waals surface area contributed by atoms with Gasteiger partial charge in [0.2, 0.25) is 0 Å². The molecule has 3 rings (SSSR count). The summed E-state index contributed by atoms with van der Waals surface area (Å²) < 4.78 is 0. The van der Waals surface area contributed by atoms with Gasteiger partial charge in [0.15, 0.2) is 0 Å². The number of rotatable bonds is 6. The van der Waals surface area contributed by atoms with Gasteiger partial charge in [0.05, 0.1) is 12.1 Å². The predicted octanol–water partition coefficient (Wildman–Crippen LogP) is 4.11. The SMILES string of the molecule is O=C(O)CCC(=NO)c1ccc(N2CCC(c3ccccc3)CC2)cc1. The summed E-state index contributed by atoms with van der Waals surface area (Å²) in [4.78, 5) is 13.1. The smallest absolute Gasteiger partial charge is 0.303 e. The van der Waals surface area contributed by atoms with Crippen LogP contribution in [-0.4, -0.2) is 35.1 Å². The molecule has 0 aromatic heterocycles. The molecule has 2 N–H and O–H groups in total. The number of carbonyl (C=O) groups is 1. The molecule has 1 heterocycles. The molecule has 5 heteroatoms. The third-order valence-corrected chi connectivity index (χ3v) is 5.03. The summed E-state index contributed by atoms with van der Waals surface area (Å²) in [6.45, 7) is 2.03. The van der Waals surface area contributed by atoms with Crippen molar-refractivity contribution in [2.24, 2.45) is 5.16 Å². The Morgan fingerprint density at radius 3 is 2.23 bits per heavy atom. The molecular formula is C21H24N2O3. The lowest BCUT2D eigenvalue weighted by atomic mass is 9.89. The van der Waals surface area contributed by atoms with Crippen LogP contribution in [-0.2, 0) is 4.79 Å². The maximum Gasteiger partial charge on any atom is 0.303 e. The Hall–Kier alpha value is -2.82. The highest BCUT2D eigenvalue weighted by atomic mass is 16.4. The quantitative estimate of drug-likeness (QED) is 0.466. The molecule has 0 unspecified atom stereocenters. The predicted molar refractivity (Wildman–Crippen MR) is 102 cm³/mol.